The van der Waals surface area contributed by atoms with Crippen molar-refractivity contribution in [2.75, 3.05) is 17.7 Å². The maximum atomic E-state index is 12.2. The number of carbonyl (C=O) groups is 3. The molecule has 0 radical (unpaired) electrons. The summed E-state index contributed by atoms with van der Waals surface area (Å²) in [5.74, 6) is -2.24. The SMILES string of the molecule is NC(=O)CSc1ccccc1NC(=O)COC(=O)c1cc(=O)c2ccccc2o1. The van der Waals surface area contributed by atoms with E-state index in [4.69, 9.17) is 14.9 Å². The highest BCUT2D eigenvalue weighted by atomic mass is 32.2. The van der Waals surface area contributed by atoms with E-state index in [0.29, 0.717) is 16.0 Å². The molecule has 2 aromatic carbocycles. The number of amides is 2. The van der Waals surface area contributed by atoms with Gasteiger partial charge < -0.3 is 20.2 Å². The van der Waals surface area contributed by atoms with Crippen LogP contribution in [0.15, 0.2) is 68.7 Å². The molecule has 9 heteroatoms. The quantitative estimate of drug-likeness (QED) is 0.449. The molecule has 3 rings (SSSR count). The first kappa shape index (κ1) is 20.2. The van der Waals surface area contributed by atoms with E-state index < -0.39 is 24.4 Å². The molecular formula is C20H16N2O6S. The summed E-state index contributed by atoms with van der Waals surface area (Å²) in [5, 5.41) is 2.94. The van der Waals surface area contributed by atoms with Gasteiger partial charge in [-0.2, -0.15) is 0 Å². The van der Waals surface area contributed by atoms with Crippen LogP contribution < -0.4 is 16.5 Å². The van der Waals surface area contributed by atoms with Crippen molar-refractivity contribution >= 4 is 46.2 Å². The van der Waals surface area contributed by atoms with E-state index in [-0.39, 0.29) is 22.5 Å². The summed E-state index contributed by atoms with van der Waals surface area (Å²) < 4.78 is 10.3. The number of carbonyl (C=O) groups excluding carboxylic acids is 3. The highest BCUT2D eigenvalue weighted by Gasteiger charge is 2.16. The van der Waals surface area contributed by atoms with E-state index in [1.54, 1.807) is 48.5 Å². The summed E-state index contributed by atoms with van der Waals surface area (Å²) in [4.78, 5) is 47.9. The summed E-state index contributed by atoms with van der Waals surface area (Å²) in [5.41, 5.74) is 5.45. The minimum atomic E-state index is -0.931. The summed E-state index contributed by atoms with van der Waals surface area (Å²) in [6.07, 6.45) is 0. The van der Waals surface area contributed by atoms with Gasteiger partial charge in [0.2, 0.25) is 11.7 Å². The minimum absolute atomic E-state index is 0.0584. The van der Waals surface area contributed by atoms with Crippen molar-refractivity contribution in [2.45, 2.75) is 4.90 Å². The Morgan fingerprint density at radius 2 is 1.79 bits per heavy atom. The second-order valence-corrected chi connectivity index (χ2v) is 6.86. The van der Waals surface area contributed by atoms with Gasteiger partial charge in [0, 0.05) is 11.0 Å². The van der Waals surface area contributed by atoms with Gasteiger partial charge in [-0.1, -0.05) is 24.3 Å². The fraction of sp³-hybridized carbons (Fsp3) is 0.100. The van der Waals surface area contributed by atoms with Crippen LogP contribution in [-0.4, -0.2) is 30.1 Å². The van der Waals surface area contributed by atoms with Gasteiger partial charge in [0.25, 0.3) is 5.91 Å². The lowest BCUT2D eigenvalue weighted by atomic mass is 10.2. The zero-order valence-electron chi connectivity index (χ0n) is 15.0. The van der Waals surface area contributed by atoms with Gasteiger partial charge in [-0.25, -0.2) is 4.79 Å². The van der Waals surface area contributed by atoms with Crippen LogP contribution in [0.2, 0.25) is 0 Å². The molecule has 29 heavy (non-hydrogen) atoms. The lowest BCUT2D eigenvalue weighted by Gasteiger charge is -2.10. The van der Waals surface area contributed by atoms with Crippen molar-refractivity contribution in [3.63, 3.8) is 0 Å². The topological polar surface area (TPSA) is 129 Å². The summed E-state index contributed by atoms with van der Waals surface area (Å²) in [6, 6.07) is 14.3. The number of thioether (sulfide) groups is 1. The number of hydrogen-bond donors (Lipinski definition) is 2. The predicted octanol–water partition coefficient (Wildman–Crippen LogP) is 2.17. The third kappa shape index (κ3) is 5.23. The van der Waals surface area contributed by atoms with E-state index in [1.165, 1.54) is 11.8 Å². The molecule has 0 fully saturated rings. The van der Waals surface area contributed by atoms with Crippen LogP contribution in [0.25, 0.3) is 11.0 Å². The molecule has 148 valence electrons. The maximum Gasteiger partial charge on any atom is 0.374 e. The number of benzene rings is 2. The third-order valence-corrected chi connectivity index (χ3v) is 4.80. The average Bonchev–Trinajstić information content (AvgIpc) is 2.71. The Morgan fingerprint density at radius 3 is 2.59 bits per heavy atom. The number of rotatable bonds is 7. The number of esters is 1. The van der Waals surface area contributed by atoms with Crippen molar-refractivity contribution in [1.29, 1.82) is 0 Å². The Bertz CT molecular complexity index is 1140. The van der Waals surface area contributed by atoms with Crippen LogP contribution in [-0.2, 0) is 14.3 Å². The zero-order chi connectivity index (χ0) is 20.8. The summed E-state index contributed by atoms with van der Waals surface area (Å²) >= 11 is 1.17. The van der Waals surface area contributed by atoms with Gasteiger partial charge in [-0.3, -0.25) is 14.4 Å². The maximum absolute atomic E-state index is 12.2. The number of nitrogens with one attached hydrogen (secondary N) is 1. The molecule has 0 aliphatic heterocycles. The molecule has 1 heterocycles. The number of fused-ring (bicyclic) bond motifs is 1. The number of ether oxygens (including phenoxy) is 1. The Hall–Kier alpha value is -3.59. The molecular weight excluding hydrogens is 396 g/mol. The van der Waals surface area contributed by atoms with Gasteiger partial charge >= 0.3 is 5.97 Å². The lowest BCUT2D eigenvalue weighted by molar-refractivity contribution is -0.119. The van der Waals surface area contributed by atoms with Crippen LogP contribution in [0.5, 0.6) is 0 Å². The monoisotopic (exact) mass is 412 g/mol. The Kier molecular flexibility index (Phi) is 6.30. The second-order valence-electron chi connectivity index (χ2n) is 5.85. The molecule has 0 spiro atoms. The largest absolute Gasteiger partial charge is 0.450 e. The van der Waals surface area contributed by atoms with Gasteiger partial charge in [-0.15, -0.1) is 11.8 Å². The Morgan fingerprint density at radius 1 is 1.07 bits per heavy atom. The zero-order valence-corrected chi connectivity index (χ0v) is 15.9. The molecule has 0 saturated carbocycles. The molecule has 3 N–H and O–H groups in total. The lowest BCUT2D eigenvalue weighted by Crippen LogP contribution is -2.22. The van der Waals surface area contributed by atoms with Crippen molar-refractivity contribution < 1.29 is 23.5 Å². The average molecular weight is 412 g/mol. The first-order valence-corrected chi connectivity index (χ1v) is 9.42. The standard InChI is InChI=1S/C20H16N2O6S/c21-18(24)11-29-17-8-4-2-6-13(17)22-19(25)10-27-20(26)16-9-14(23)12-5-1-3-7-15(12)28-16/h1-9H,10-11H2,(H2,21,24)(H,22,25). The highest BCUT2D eigenvalue weighted by Crippen LogP contribution is 2.26. The molecule has 0 atom stereocenters. The number of anilines is 1. The Labute approximate surface area is 169 Å². The van der Waals surface area contributed by atoms with Crippen LogP contribution >= 0.6 is 11.8 Å². The van der Waals surface area contributed by atoms with Gasteiger partial charge in [0.1, 0.15) is 5.58 Å². The number of para-hydroxylation sites is 2. The molecule has 2 amide bonds. The molecule has 0 unspecified atom stereocenters. The normalized spacial score (nSPS) is 10.5. The fourth-order valence-corrected chi connectivity index (χ4v) is 3.18. The van der Waals surface area contributed by atoms with E-state index in [0.717, 1.165) is 6.07 Å². The van der Waals surface area contributed by atoms with Gasteiger partial charge in [0.05, 0.1) is 16.8 Å². The summed E-state index contributed by atoms with van der Waals surface area (Å²) in [7, 11) is 0. The number of nitrogens with two attached hydrogens (primary N) is 1. The first-order valence-electron chi connectivity index (χ1n) is 8.44. The molecule has 0 aliphatic carbocycles. The molecule has 1 aromatic heterocycles. The number of hydrogen-bond acceptors (Lipinski definition) is 7. The second kappa shape index (κ2) is 9.07. The molecule has 8 nitrogen and oxygen atoms in total. The minimum Gasteiger partial charge on any atom is -0.450 e. The highest BCUT2D eigenvalue weighted by molar-refractivity contribution is 8.00. The van der Waals surface area contributed by atoms with Crippen LogP contribution in [0, 0.1) is 0 Å². The molecule has 0 aliphatic rings. The van der Waals surface area contributed by atoms with E-state index >= 15 is 0 Å². The van der Waals surface area contributed by atoms with Crippen molar-refractivity contribution in [1.82, 2.24) is 0 Å². The van der Waals surface area contributed by atoms with Crippen LogP contribution in [0.3, 0.4) is 0 Å². The smallest absolute Gasteiger partial charge is 0.374 e. The molecule has 3 aromatic rings. The van der Waals surface area contributed by atoms with Crippen molar-refractivity contribution in [2.24, 2.45) is 5.73 Å². The summed E-state index contributed by atoms with van der Waals surface area (Å²) in [6.45, 7) is -0.579. The third-order valence-electron chi connectivity index (χ3n) is 3.70. The predicted molar refractivity (Wildman–Crippen MR) is 108 cm³/mol. The molecule has 0 saturated heterocycles. The van der Waals surface area contributed by atoms with E-state index in [1.807, 2.05) is 0 Å². The van der Waals surface area contributed by atoms with Crippen LogP contribution in [0.1, 0.15) is 10.6 Å². The number of primary amides is 1. The van der Waals surface area contributed by atoms with Crippen molar-refractivity contribution in [3.05, 3.63) is 70.6 Å². The van der Waals surface area contributed by atoms with E-state index in [2.05, 4.69) is 5.32 Å². The van der Waals surface area contributed by atoms with E-state index in [9.17, 15) is 19.2 Å². The van der Waals surface area contributed by atoms with Gasteiger partial charge in [-0.05, 0) is 24.3 Å². The Balaban J connectivity index is 1.63. The first-order chi connectivity index (χ1) is 13.9. The van der Waals surface area contributed by atoms with Crippen LogP contribution in [0.4, 0.5) is 5.69 Å². The molecule has 0 bridgehead atoms. The fourth-order valence-electron chi connectivity index (χ4n) is 2.44. The van der Waals surface area contributed by atoms with Gasteiger partial charge in [0.15, 0.2) is 12.0 Å². The van der Waals surface area contributed by atoms with Crippen molar-refractivity contribution in [3.8, 4) is 0 Å².